The molecule has 9 heteroatoms. The molecule has 0 aliphatic rings. The Kier molecular flexibility index (Phi) is 7.14. The third kappa shape index (κ3) is 4.57. The van der Waals surface area contributed by atoms with Crippen molar-refractivity contribution in [1.82, 2.24) is 4.72 Å². The molecule has 0 radical (unpaired) electrons. The second-order valence-corrected chi connectivity index (χ2v) is 6.30. The van der Waals surface area contributed by atoms with Gasteiger partial charge in [-0.2, -0.15) is 0 Å². The van der Waals surface area contributed by atoms with Crippen LogP contribution in [0.3, 0.4) is 0 Å². The Balaban J connectivity index is 0.00000400. The highest BCUT2D eigenvalue weighted by Crippen LogP contribution is 2.20. The molecule has 0 spiro atoms. The molecule has 0 unspecified atom stereocenters. The minimum atomic E-state index is -4.30. The van der Waals surface area contributed by atoms with Crippen LogP contribution in [-0.4, -0.2) is 20.5 Å². The van der Waals surface area contributed by atoms with E-state index in [0.717, 1.165) is 0 Å². The summed E-state index contributed by atoms with van der Waals surface area (Å²) in [7, 11) is -4.30. The van der Waals surface area contributed by atoms with E-state index >= 15 is 0 Å². The van der Waals surface area contributed by atoms with Crippen molar-refractivity contribution in [2.75, 3.05) is 6.54 Å². The maximum atomic E-state index is 13.5. The lowest BCUT2D eigenvalue weighted by atomic mass is 9.95. The molecule has 0 fully saturated rings. The monoisotopic (exact) mass is 346 g/mol. The van der Waals surface area contributed by atoms with Crippen molar-refractivity contribution in [2.45, 2.75) is 37.1 Å². The van der Waals surface area contributed by atoms with Gasteiger partial charge in [0.05, 0.1) is 0 Å². The average molecular weight is 347 g/mol. The van der Waals surface area contributed by atoms with Crippen molar-refractivity contribution < 1.29 is 21.6 Å². The highest BCUT2D eigenvalue weighted by Gasteiger charge is 2.27. The fourth-order valence-electron chi connectivity index (χ4n) is 1.53. The Labute approximate surface area is 128 Å². The van der Waals surface area contributed by atoms with Crippen LogP contribution >= 0.6 is 12.4 Å². The molecule has 0 aliphatic heterocycles. The summed E-state index contributed by atoms with van der Waals surface area (Å²) < 4.78 is 65.2. The highest BCUT2D eigenvalue weighted by molar-refractivity contribution is 7.89. The number of benzene rings is 1. The van der Waals surface area contributed by atoms with Gasteiger partial charge >= 0.3 is 0 Å². The molecule has 3 N–H and O–H groups in total. The number of hydrogen-bond donors (Lipinski definition) is 2. The first kappa shape index (κ1) is 20.2. The van der Waals surface area contributed by atoms with Crippen LogP contribution in [0.2, 0.25) is 0 Å². The maximum Gasteiger partial charge on any atom is 0.243 e. The molecule has 0 atom stereocenters. The first-order valence-electron chi connectivity index (χ1n) is 6.09. The van der Waals surface area contributed by atoms with Crippen LogP contribution in [0, 0.1) is 17.5 Å². The molecular formula is C12H18ClF3N2O2S. The second-order valence-electron chi connectivity index (χ2n) is 4.57. The van der Waals surface area contributed by atoms with Crippen molar-refractivity contribution >= 4 is 22.4 Å². The number of sulfonamides is 1. The minimum Gasteiger partial charge on any atom is -0.324 e. The van der Waals surface area contributed by atoms with E-state index in [0.29, 0.717) is 25.0 Å². The predicted octanol–water partition coefficient (Wildman–Crippen LogP) is 2.32. The van der Waals surface area contributed by atoms with Crippen LogP contribution < -0.4 is 10.5 Å². The summed E-state index contributed by atoms with van der Waals surface area (Å²) in [5.41, 5.74) is 5.14. The smallest absolute Gasteiger partial charge is 0.243 e. The molecule has 0 amide bonds. The predicted molar refractivity (Wildman–Crippen MR) is 76.3 cm³/mol. The Morgan fingerprint density at radius 3 is 2.14 bits per heavy atom. The van der Waals surface area contributed by atoms with Crippen LogP contribution in [-0.2, 0) is 10.0 Å². The van der Waals surface area contributed by atoms with E-state index in [1.807, 2.05) is 0 Å². The Morgan fingerprint density at radius 1 is 1.14 bits per heavy atom. The third-order valence-electron chi connectivity index (χ3n) is 3.31. The average Bonchev–Trinajstić information content (AvgIpc) is 2.42. The van der Waals surface area contributed by atoms with Gasteiger partial charge in [0.1, 0.15) is 4.90 Å². The maximum absolute atomic E-state index is 13.5. The Hall–Kier alpha value is -0.830. The van der Waals surface area contributed by atoms with Gasteiger partial charge in [0.15, 0.2) is 17.5 Å². The number of nitrogens with two attached hydrogens (primary N) is 1. The number of rotatable bonds is 6. The van der Waals surface area contributed by atoms with Gasteiger partial charge in [-0.15, -0.1) is 12.4 Å². The van der Waals surface area contributed by atoms with E-state index in [9.17, 15) is 21.6 Å². The van der Waals surface area contributed by atoms with E-state index in [1.165, 1.54) is 0 Å². The van der Waals surface area contributed by atoms with Crippen molar-refractivity contribution in [3.63, 3.8) is 0 Å². The zero-order valence-electron chi connectivity index (χ0n) is 11.6. The molecule has 0 heterocycles. The van der Waals surface area contributed by atoms with Gasteiger partial charge in [0.25, 0.3) is 0 Å². The first-order chi connectivity index (χ1) is 9.17. The highest BCUT2D eigenvalue weighted by atomic mass is 35.5. The van der Waals surface area contributed by atoms with Gasteiger partial charge in [-0.1, -0.05) is 13.8 Å². The Bertz CT molecular complexity index is 592. The zero-order chi connectivity index (χ0) is 15.6. The summed E-state index contributed by atoms with van der Waals surface area (Å²) in [6.07, 6.45) is 1.01. The first-order valence-corrected chi connectivity index (χ1v) is 7.57. The van der Waals surface area contributed by atoms with Gasteiger partial charge in [-0.25, -0.2) is 26.3 Å². The van der Waals surface area contributed by atoms with Gasteiger partial charge in [0, 0.05) is 12.1 Å². The quantitative estimate of drug-likeness (QED) is 0.776. The summed E-state index contributed by atoms with van der Waals surface area (Å²) in [5.74, 6) is -5.01. The lowest BCUT2D eigenvalue weighted by molar-refractivity contribution is 0.390. The largest absolute Gasteiger partial charge is 0.324 e. The summed E-state index contributed by atoms with van der Waals surface area (Å²) in [6.45, 7) is 3.45. The SMILES string of the molecule is CCC(N)(CC)CNS(=O)(=O)c1ccc(F)c(F)c1F.Cl. The van der Waals surface area contributed by atoms with Crippen molar-refractivity contribution in [2.24, 2.45) is 5.73 Å². The van der Waals surface area contributed by atoms with Gasteiger partial charge in [-0.05, 0) is 25.0 Å². The van der Waals surface area contributed by atoms with Crippen LogP contribution in [0.15, 0.2) is 17.0 Å². The van der Waals surface area contributed by atoms with E-state index in [2.05, 4.69) is 4.72 Å². The molecule has 0 aliphatic carbocycles. The molecule has 122 valence electrons. The topological polar surface area (TPSA) is 72.2 Å². The molecule has 0 bridgehead atoms. The van der Waals surface area contributed by atoms with E-state index in [-0.39, 0.29) is 19.0 Å². The van der Waals surface area contributed by atoms with Crippen LogP contribution in [0.5, 0.6) is 0 Å². The van der Waals surface area contributed by atoms with Gasteiger partial charge in [0.2, 0.25) is 10.0 Å². The normalized spacial score (nSPS) is 12.1. The van der Waals surface area contributed by atoms with Crippen LogP contribution in [0.25, 0.3) is 0 Å². The molecular weight excluding hydrogens is 329 g/mol. The fourth-order valence-corrected chi connectivity index (χ4v) is 2.74. The number of halogens is 4. The third-order valence-corrected chi connectivity index (χ3v) is 4.73. The van der Waals surface area contributed by atoms with Crippen LogP contribution in [0.4, 0.5) is 13.2 Å². The standard InChI is InChI=1S/C12H17F3N2O2S.ClH/c1-3-12(16,4-2)7-17-20(18,19)9-6-5-8(13)10(14)11(9)15;/h5-6,17H,3-4,7,16H2,1-2H3;1H. The zero-order valence-corrected chi connectivity index (χ0v) is 13.3. The fraction of sp³-hybridized carbons (Fsp3) is 0.500. The molecule has 21 heavy (non-hydrogen) atoms. The lowest BCUT2D eigenvalue weighted by Gasteiger charge is -2.26. The molecule has 0 saturated carbocycles. The minimum absolute atomic E-state index is 0. The Morgan fingerprint density at radius 2 is 1.67 bits per heavy atom. The molecule has 0 saturated heterocycles. The van der Waals surface area contributed by atoms with Crippen molar-refractivity contribution in [3.8, 4) is 0 Å². The molecule has 1 rings (SSSR count). The van der Waals surface area contributed by atoms with E-state index in [1.54, 1.807) is 13.8 Å². The second kappa shape index (κ2) is 7.44. The molecule has 1 aromatic rings. The van der Waals surface area contributed by atoms with Gasteiger partial charge in [-0.3, -0.25) is 0 Å². The van der Waals surface area contributed by atoms with E-state index in [4.69, 9.17) is 5.73 Å². The van der Waals surface area contributed by atoms with Crippen molar-refractivity contribution in [1.29, 1.82) is 0 Å². The molecule has 0 aromatic heterocycles. The van der Waals surface area contributed by atoms with Crippen molar-refractivity contribution in [3.05, 3.63) is 29.6 Å². The van der Waals surface area contributed by atoms with Crippen LogP contribution in [0.1, 0.15) is 26.7 Å². The summed E-state index contributed by atoms with van der Waals surface area (Å²) in [4.78, 5) is -0.939. The summed E-state index contributed by atoms with van der Waals surface area (Å²) in [5, 5.41) is 0. The number of hydrogen-bond acceptors (Lipinski definition) is 3. The molecule has 4 nitrogen and oxygen atoms in total. The van der Waals surface area contributed by atoms with E-state index < -0.39 is 37.9 Å². The van der Waals surface area contributed by atoms with Gasteiger partial charge < -0.3 is 5.73 Å². The molecule has 1 aromatic carbocycles. The summed E-state index contributed by atoms with van der Waals surface area (Å²) in [6, 6.07) is 1.23. The summed E-state index contributed by atoms with van der Waals surface area (Å²) >= 11 is 0. The number of nitrogens with one attached hydrogen (secondary N) is 1. The lowest BCUT2D eigenvalue weighted by Crippen LogP contribution is -2.49.